The summed E-state index contributed by atoms with van der Waals surface area (Å²) in [4.78, 5) is 32.3. The van der Waals surface area contributed by atoms with Crippen LogP contribution in [0.15, 0.2) is 24.3 Å². The minimum atomic E-state index is -1.65. The van der Waals surface area contributed by atoms with Gasteiger partial charge in [-0.25, -0.2) is 4.79 Å². The summed E-state index contributed by atoms with van der Waals surface area (Å²) in [7, 11) is 0. The van der Waals surface area contributed by atoms with Crippen molar-refractivity contribution in [2.75, 3.05) is 0 Å². The second-order valence-corrected chi connectivity index (χ2v) is 2.85. The predicted octanol–water partition coefficient (Wildman–Crippen LogP) is 0.619. The van der Waals surface area contributed by atoms with Crippen LogP contribution in [0.3, 0.4) is 0 Å². The second kappa shape index (κ2) is 4.36. The Hall–Kier alpha value is -2.17. The molecule has 0 aliphatic rings. The highest BCUT2D eigenvalue weighted by molar-refractivity contribution is 6.37. The molecule has 5 nitrogen and oxygen atoms in total. The SMILES string of the molecule is O=C(O)C(=O)CC(=O)c1ccccc1O. The lowest BCUT2D eigenvalue weighted by Gasteiger charge is -2.00. The summed E-state index contributed by atoms with van der Waals surface area (Å²) in [6, 6.07) is 5.65. The third-order valence-corrected chi connectivity index (χ3v) is 1.76. The van der Waals surface area contributed by atoms with Crippen LogP contribution < -0.4 is 0 Å². The third-order valence-electron chi connectivity index (χ3n) is 1.76. The van der Waals surface area contributed by atoms with Crippen LogP contribution in [0.25, 0.3) is 0 Å². The van der Waals surface area contributed by atoms with E-state index >= 15 is 0 Å². The highest BCUT2D eigenvalue weighted by Crippen LogP contribution is 2.17. The number of carboxylic acid groups (broad SMARTS) is 1. The molecule has 0 heterocycles. The largest absolute Gasteiger partial charge is 0.507 e. The Labute approximate surface area is 85.0 Å². The van der Waals surface area contributed by atoms with Crippen LogP contribution >= 0.6 is 0 Å². The van der Waals surface area contributed by atoms with Gasteiger partial charge in [0.25, 0.3) is 0 Å². The molecule has 0 aliphatic heterocycles. The molecule has 15 heavy (non-hydrogen) atoms. The highest BCUT2D eigenvalue weighted by Gasteiger charge is 2.19. The molecular formula is C10H8O5. The van der Waals surface area contributed by atoms with Gasteiger partial charge in [0.15, 0.2) is 5.78 Å². The van der Waals surface area contributed by atoms with Gasteiger partial charge in [-0.15, -0.1) is 0 Å². The number of ketones is 2. The number of carbonyl (C=O) groups excluding carboxylic acids is 2. The zero-order valence-electron chi connectivity index (χ0n) is 7.64. The molecule has 1 rings (SSSR count). The van der Waals surface area contributed by atoms with Crippen molar-refractivity contribution in [1.82, 2.24) is 0 Å². The number of phenolic OH excluding ortho intramolecular Hbond substituents is 1. The van der Waals surface area contributed by atoms with Gasteiger partial charge in [0.2, 0.25) is 5.78 Å². The van der Waals surface area contributed by atoms with Gasteiger partial charge in [0.05, 0.1) is 12.0 Å². The molecule has 0 saturated heterocycles. The van der Waals surface area contributed by atoms with Crippen molar-refractivity contribution in [3.05, 3.63) is 29.8 Å². The molecule has 0 unspecified atom stereocenters. The summed E-state index contributed by atoms with van der Waals surface area (Å²) in [5, 5.41) is 17.5. The smallest absolute Gasteiger partial charge is 0.372 e. The van der Waals surface area contributed by atoms with Crippen molar-refractivity contribution in [1.29, 1.82) is 0 Å². The van der Waals surface area contributed by atoms with Crippen LogP contribution in [0, 0.1) is 0 Å². The van der Waals surface area contributed by atoms with E-state index in [2.05, 4.69) is 0 Å². The van der Waals surface area contributed by atoms with Crippen LogP contribution in [0.4, 0.5) is 0 Å². The van der Waals surface area contributed by atoms with Crippen molar-refractivity contribution in [2.24, 2.45) is 0 Å². The van der Waals surface area contributed by atoms with Gasteiger partial charge < -0.3 is 10.2 Å². The average Bonchev–Trinajstić information content (AvgIpc) is 2.18. The van der Waals surface area contributed by atoms with Crippen LogP contribution in [-0.4, -0.2) is 27.7 Å². The van der Waals surface area contributed by atoms with Crippen LogP contribution in [0.5, 0.6) is 5.75 Å². The van der Waals surface area contributed by atoms with Gasteiger partial charge in [-0.3, -0.25) is 9.59 Å². The fraction of sp³-hybridized carbons (Fsp3) is 0.100. The number of aliphatic carboxylic acids is 1. The Bertz CT molecular complexity index is 422. The van der Waals surface area contributed by atoms with E-state index in [-0.39, 0.29) is 11.3 Å². The van der Waals surface area contributed by atoms with Gasteiger partial charge in [-0.1, -0.05) is 12.1 Å². The molecule has 2 N–H and O–H groups in total. The lowest BCUT2D eigenvalue weighted by atomic mass is 10.1. The fourth-order valence-electron chi connectivity index (χ4n) is 1.03. The quantitative estimate of drug-likeness (QED) is 0.430. The number of phenols is 1. The van der Waals surface area contributed by atoms with Gasteiger partial charge >= 0.3 is 5.97 Å². The van der Waals surface area contributed by atoms with E-state index in [1.54, 1.807) is 0 Å². The predicted molar refractivity (Wildman–Crippen MR) is 49.7 cm³/mol. The number of aromatic hydroxyl groups is 1. The molecule has 1 aromatic carbocycles. The lowest BCUT2D eigenvalue weighted by molar-refractivity contribution is -0.148. The first-order valence-corrected chi connectivity index (χ1v) is 4.09. The number of Topliss-reactive ketones (excluding diaryl/α,β-unsaturated/α-hetero) is 2. The van der Waals surface area contributed by atoms with Gasteiger partial charge in [0, 0.05) is 0 Å². The lowest BCUT2D eigenvalue weighted by Crippen LogP contribution is -2.17. The number of para-hydroxylation sites is 1. The molecule has 78 valence electrons. The van der Waals surface area contributed by atoms with Crippen LogP contribution in [0.2, 0.25) is 0 Å². The number of hydrogen-bond donors (Lipinski definition) is 2. The Morgan fingerprint density at radius 3 is 2.27 bits per heavy atom. The number of hydrogen-bond acceptors (Lipinski definition) is 4. The molecule has 0 aliphatic carbocycles. The van der Waals surface area contributed by atoms with E-state index in [4.69, 9.17) is 5.11 Å². The summed E-state index contributed by atoms with van der Waals surface area (Å²) in [6.45, 7) is 0. The summed E-state index contributed by atoms with van der Waals surface area (Å²) in [6.07, 6.45) is -0.743. The number of rotatable bonds is 4. The first-order chi connectivity index (χ1) is 7.02. The molecule has 0 amide bonds. The molecular weight excluding hydrogens is 200 g/mol. The molecule has 0 spiro atoms. The molecule has 0 atom stereocenters. The number of carbonyl (C=O) groups is 3. The average molecular weight is 208 g/mol. The first-order valence-electron chi connectivity index (χ1n) is 4.09. The normalized spacial score (nSPS) is 9.60. The van der Waals surface area contributed by atoms with Crippen LogP contribution in [-0.2, 0) is 9.59 Å². The van der Waals surface area contributed by atoms with E-state index < -0.39 is 24.0 Å². The highest BCUT2D eigenvalue weighted by atomic mass is 16.4. The zero-order chi connectivity index (χ0) is 11.4. The maximum atomic E-state index is 11.3. The molecule has 5 heteroatoms. The van der Waals surface area contributed by atoms with Gasteiger partial charge in [-0.2, -0.15) is 0 Å². The van der Waals surface area contributed by atoms with Crippen molar-refractivity contribution in [2.45, 2.75) is 6.42 Å². The van der Waals surface area contributed by atoms with E-state index in [1.165, 1.54) is 24.3 Å². The van der Waals surface area contributed by atoms with E-state index in [1.807, 2.05) is 0 Å². The Kier molecular flexibility index (Phi) is 3.17. The molecule has 0 radical (unpaired) electrons. The van der Waals surface area contributed by atoms with Crippen molar-refractivity contribution in [3.63, 3.8) is 0 Å². The Morgan fingerprint density at radius 1 is 1.13 bits per heavy atom. The van der Waals surface area contributed by atoms with E-state index in [0.717, 1.165) is 0 Å². The van der Waals surface area contributed by atoms with Gasteiger partial charge in [0.1, 0.15) is 5.75 Å². The standard InChI is InChI=1S/C10H8O5/c11-7-4-2-1-3-6(7)8(12)5-9(13)10(14)15/h1-4,11H,5H2,(H,14,15). The summed E-state index contributed by atoms with van der Waals surface area (Å²) >= 11 is 0. The molecule has 0 bridgehead atoms. The second-order valence-electron chi connectivity index (χ2n) is 2.85. The molecule has 1 aromatic rings. The van der Waals surface area contributed by atoms with Crippen molar-refractivity contribution < 1.29 is 24.6 Å². The van der Waals surface area contributed by atoms with Crippen molar-refractivity contribution >= 4 is 17.5 Å². The van der Waals surface area contributed by atoms with Gasteiger partial charge in [-0.05, 0) is 12.1 Å². The molecule has 0 saturated carbocycles. The zero-order valence-corrected chi connectivity index (χ0v) is 7.64. The van der Waals surface area contributed by atoms with E-state index in [9.17, 15) is 19.5 Å². The van der Waals surface area contributed by atoms with Crippen molar-refractivity contribution in [3.8, 4) is 5.75 Å². The Balaban J connectivity index is 2.83. The number of carboxylic acids is 1. The topological polar surface area (TPSA) is 91.7 Å². The van der Waals surface area contributed by atoms with Crippen LogP contribution in [0.1, 0.15) is 16.8 Å². The maximum Gasteiger partial charge on any atom is 0.372 e. The summed E-state index contributed by atoms with van der Waals surface area (Å²) < 4.78 is 0. The number of benzene rings is 1. The van der Waals surface area contributed by atoms with E-state index in [0.29, 0.717) is 0 Å². The summed E-state index contributed by atoms with van der Waals surface area (Å²) in [5.41, 5.74) is -0.0490. The fourth-order valence-corrected chi connectivity index (χ4v) is 1.03. The Morgan fingerprint density at radius 2 is 1.73 bits per heavy atom. The maximum absolute atomic E-state index is 11.3. The summed E-state index contributed by atoms with van der Waals surface area (Å²) in [5.74, 6) is -3.82. The minimum Gasteiger partial charge on any atom is -0.507 e. The third kappa shape index (κ3) is 2.63. The molecule has 0 aromatic heterocycles. The molecule has 0 fully saturated rings. The first kappa shape index (κ1) is 10.9. The monoisotopic (exact) mass is 208 g/mol. The minimum absolute atomic E-state index is 0.0490.